The van der Waals surface area contributed by atoms with E-state index in [-0.39, 0.29) is 29.6 Å². The van der Waals surface area contributed by atoms with E-state index in [9.17, 15) is 9.90 Å². The van der Waals surface area contributed by atoms with Gasteiger partial charge in [0.1, 0.15) is 11.4 Å². The second-order valence-corrected chi connectivity index (χ2v) is 10.6. The fraction of sp³-hybridized carbons (Fsp3) is 0.480. The van der Waals surface area contributed by atoms with E-state index in [1.165, 1.54) is 0 Å². The van der Waals surface area contributed by atoms with E-state index < -0.39 is 11.2 Å². The second kappa shape index (κ2) is 8.57. The summed E-state index contributed by atoms with van der Waals surface area (Å²) in [5.74, 6) is -0.356. The molecule has 1 saturated heterocycles. The molecule has 0 amide bonds. The molecule has 6 heteroatoms. The third kappa shape index (κ3) is 4.66. The van der Waals surface area contributed by atoms with Gasteiger partial charge in [-0.2, -0.15) is 5.48 Å². The van der Waals surface area contributed by atoms with Gasteiger partial charge in [0.15, 0.2) is 0 Å². The summed E-state index contributed by atoms with van der Waals surface area (Å²) < 4.78 is 6.72. The Morgan fingerprint density at radius 2 is 1.97 bits per heavy atom. The van der Waals surface area contributed by atoms with E-state index in [1.54, 1.807) is 6.07 Å². The normalized spacial score (nSPS) is 28.6. The Bertz CT molecular complexity index is 942. The van der Waals surface area contributed by atoms with Crippen molar-refractivity contribution in [2.24, 2.45) is 5.92 Å². The van der Waals surface area contributed by atoms with Gasteiger partial charge >= 0.3 is 5.97 Å². The molecule has 1 heterocycles. The van der Waals surface area contributed by atoms with E-state index in [0.29, 0.717) is 6.42 Å². The molecule has 1 aliphatic carbocycles. The zero-order valence-electron chi connectivity index (χ0n) is 18.2. The van der Waals surface area contributed by atoms with Crippen LogP contribution in [0.4, 0.5) is 0 Å². The minimum absolute atomic E-state index is 0.135. The summed E-state index contributed by atoms with van der Waals surface area (Å²) >= 11 is 3.50. The van der Waals surface area contributed by atoms with Gasteiger partial charge in [0, 0.05) is 22.4 Å². The topological polar surface area (TPSA) is 67.8 Å². The van der Waals surface area contributed by atoms with Crippen LogP contribution < -0.4 is 5.48 Å². The predicted molar refractivity (Wildman–Crippen MR) is 122 cm³/mol. The highest BCUT2D eigenvalue weighted by Gasteiger charge is 2.55. The average Bonchev–Trinajstić information content (AvgIpc) is 3.13. The second-order valence-electron chi connectivity index (χ2n) is 9.67. The van der Waals surface area contributed by atoms with E-state index in [4.69, 9.17) is 9.57 Å². The molecule has 2 aliphatic rings. The Morgan fingerprint density at radius 1 is 1.23 bits per heavy atom. The van der Waals surface area contributed by atoms with Gasteiger partial charge in [0.05, 0.1) is 17.6 Å². The Labute approximate surface area is 192 Å². The number of ether oxygens (including phenoxy) is 1. The van der Waals surface area contributed by atoms with Gasteiger partial charge in [-0.25, -0.2) is 0 Å². The number of esters is 1. The van der Waals surface area contributed by atoms with Crippen LogP contribution in [-0.2, 0) is 14.4 Å². The number of halogens is 1. The molecule has 4 atom stereocenters. The van der Waals surface area contributed by atoms with Crippen LogP contribution in [0.15, 0.2) is 53.0 Å². The fourth-order valence-electron chi connectivity index (χ4n) is 5.08. The average molecular weight is 488 g/mol. The van der Waals surface area contributed by atoms with Crippen molar-refractivity contribution in [3.63, 3.8) is 0 Å². The smallest absolute Gasteiger partial charge is 0.310 e. The summed E-state index contributed by atoms with van der Waals surface area (Å²) in [5, 5.41) is 10.4. The van der Waals surface area contributed by atoms with Gasteiger partial charge in [-0.05, 0) is 63.8 Å². The highest BCUT2D eigenvalue weighted by atomic mass is 79.9. The first-order chi connectivity index (χ1) is 14.7. The zero-order valence-corrected chi connectivity index (χ0v) is 19.8. The zero-order chi connectivity index (χ0) is 22.2. The molecule has 0 aromatic heterocycles. The molecule has 0 radical (unpaired) electrons. The number of hydrogen-bond donors (Lipinski definition) is 2. The number of carbonyl (C=O) groups excluding carboxylic acids is 1. The van der Waals surface area contributed by atoms with Crippen molar-refractivity contribution in [1.82, 2.24) is 5.48 Å². The molecule has 1 aliphatic heterocycles. The standard InChI is InChI=1S/C25H30BrNO4/c1-24(2,3)30-23(29)18-10-7-13-25(22(18)16-8-5-4-6-9-16)15-20(27-31-25)19-14-17(26)11-12-21(19)28/h4-6,8-9,11-12,14,18,20,22,27-28H,7,10,13,15H2,1-3H3/t18?,20-,22+,25+/m0/s1. The SMILES string of the molecule is CC(C)(C)OC(=O)C1CCC[C@@]2(C[C@@H](c3cc(Br)ccc3O)NO2)[C@@H]1c1ccccc1. The number of rotatable bonds is 3. The number of hydroxylamine groups is 1. The molecule has 2 aromatic rings. The van der Waals surface area contributed by atoms with Crippen molar-refractivity contribution in [1.29, 1.82) is 0 Å². The van der Waals surface area contributed by atoms with Crippen LogP contribution >= 0.6 is 15.9 Å². The van der Waals surface area contributed by atoms with Crippen molar-refractivity contribution in [2.45, 2.75) is 69.6 Å². The maximum Gasteiger partial charge on any atom is 0.310 e. The lowest BCUT2D eigenvalue weighted by Crippen LogP contribution is -2.47. The van der Waals surface area contributed by atoms with Gasteiger partial charge in [0.25, 0.3) is 0 Å². The molecule has 31 heavy (non-hydrogen) atoms. The molecule has 1 unspecified atom stereocenters. The molecule has 4 rings (SSSR count). The number of carbonyl (C=O) groups is 1. The summed E-state index contributed by atoms with van der Waals surface area (Å²) in [6.45, 7) is 5.71. The first kappa shape index (κ1) is 22.3. The third-order valence-electron chi connectivity index (χ3n) is 6.27. The summed E-state index contributed by atoms with van der Waals surface area (Å²) in [5.41, 5.74) is 3.95. The minimum Gasteiger partial charge on any atom is -0.508 e. The van der Waals surface area contributed by atoms with E-state index in [1.807, 2.05) is 51.1 Å². The van der Waals surface area contributed by atoms with Crippen LogP contribution in [0.3, 0.4) is 0 Å². The molecule has 2 N–H and O–H groups in total. The van der Waals surface area contributed by atoms with Crippen LogP contribution in [-0.4, -0.2) is 22.3 Å². The summed E-state index contributed by atoms with van der Waals surface area (Å²) in [6.07, 6.45) is 3.15. The molecule has 1 spiro atoms. The summed E-state index contributed by atoms with van der Waals surface area (Å²) in [4.78, 5) is 19.6. The van der Waals surface area contributed by atoms with E-state index in [2.05, 4.69) is 33.5 Å². The molecule has 1 saturated carbocycles. The van der Waals surface area contributed by atoms with Gasteiger partial charge in [-0.3, -0.25) is 9.63 Å². The Kier molecular flexibility index (Phi) is 6.16. The first-order valence-corrected chi connectivity index (χ1v) is 11.7. The van der Waals surface area contributed by atoms with Crippen LogP contribution in [0.2, 0.25) is 0 Å². The fourth-order valence-corrected chi connectivity index (χ4v) is 5.46. The maximum atomic E-state index is 13.2. The number of phenols is 1. The molecule has 166 valence electrons. The van der Waals surface area contributed by atoms with E-state index in [0.717, 1.165) is 34.9 Å². The van der Waals surface area contributed by atoms with Crippen LogP contribution in [0.25, 0.3) is 0 Å². The van der Waals surface area contributed by atoms with Crippen LogP contribution in [0.5, 0.6) is 5.75 Å². The molecular weight excluding hydrogens is 458 g/mol. The molecular formula is C25H30BrNO4. The lowest BCUT2D eigenvalue weighted by molar-refractivity contribution is -0.170. The molecule has 2 aromatic carbocycles. The van der Waals surface area contributed by atoms with Gasteiger partial charge in [-0.15, -0.1) is 0 Å². The highest BCUT2D eigenvalue weighted by molar-refractivity contribution is 9.10. The van der Waals surface area contributed by atoms with Crippen LogP contribution in [0.1, 0.15) is 69.5 Å². The van der Waals surface area contributed by atoms with Gasteiger partial charge in [-0.1, -0.05) is 46.3 Å². The van der Waals surface area contributed by atoms with Crippen molar-refractivity contribution in [3.05, 3.63) is 64.1 Å². The predicted octanol–water partition coefficient (Wildman–Crippen LogP) is 5.79. The largest absolute Gasteiger partial charge is 0.508 e. The third-order valence-corrected chi connectivity index (χ3v) is 6.76. The lowest BCUT2D eigenvalue weighted by Gasteiger charge is -2.44. The Balaban J connectivity index is 1.70. The summed E-state index contributed by atoms with van der Waals surface area (Å²) in [6, 6.07) is 15.4. The van der Waals surface area contributed by atoms with Crippen molar-refractivity contribution in [2.75, 3.05) is 0 Å². The Hall–Kier alpha value is -1.89. The highest BCUT2D eigenvalue weighted by Crippen LogP contribution is 2.54. The first-order valence-electron chi connectivity index (χ1n) is 10.9. The van der Waals surface area contributed by atoms with Crippen molar-refractivity contribution in [3.8, 4) is 5.75 Å². The monoisotopic (exact) mass is 487 g/mol. The molecule has 0 bridgehead atoms. The van der Waals surface area contributed by atoms with Gasteiger partial charge < -0.3 is 9.84 Å². The number of phenolic OH excluding ortho intramolecular Hbond substituents is 1. The molecule has 5 nitrogen and oxygen atoms in total. The maximum absolute atomic E-state index is 13.2. The van der Waals surface area contributed by atoms with E-state index >= 15 is 0 Å². The lowest BCUT2D eigenvalue weighted by atomic mass is 9.64. The summed E-state index contributed by atoms with van der Waals surface area (Å²) in [7, 11) is 0. The molecule has 2 fully saturated rings. The minimum atomic E-state index is -0.555. The van der Waals surface area contributed by atoms with Gasteiger partial charge in [0.2, 0.25) is 0 Å². The number of benzene rings is 2. The number of nitrogens with one attached hydrogen (secondary N) is 1. The van der Waals surface area contributed by atoms with Crippen LogP contribution in [0, 0.1) is 5.92 Å². The number of hydrogen-bond acceptors (Lipinski definition) is 5. The Morgan fingerprint density at radius 3 is 2.68 bits per heavy atom. The quantitative estimate of drug-likeness (QED) is 0.536. The van der Waals surface area contributed by atoms with Crippen molar-refractivity contribution < 1.29 is 19.5 Å². The van der Waals surface area contributed by atoms with Crippen molar-refractivity contribution >= 4 is 21.9 Å². The number of aromatic hydroxyl groups is 1.